The summed E-state index contributed by atoms with van der Waals surface area (Å²) in [6.07, 6.45) is 4.75. The number of nitrogens with zero attached hydrogens (tertiary/aromatic N) is 3. The molecule has 1 aliphatic rings. The molecule has 22 heavy (non-hydrogen) atoms. The first-order valence-corrected chi connectivity index (χ1v) is 8.03. The lowest BCUT2D eigenvalue weighted by Crippen LogP contribution is -2.48. The van der Waals surface area contributed by atoms with Gasteiger partial charge >= 0.3 is 0 Å². The molecule has 0 radical (unpaired) electrons. The molecule has 2 heterocycles. The molecular formula is C18H25N3O. The van der Waals surface area contributed by atoms with E-state index in [1.165, 1.54) is 5.56 Å². The van der Waals surface area contributed by atoms with Gasteiger partial charge in [0.1, 0.15) is 5.82 Å². The normalized spacial score (nSPS) is 26.2. The van der Waals surface area contributed by atoms with Crippen molar-refractivity contribution in [2.75, 3.05) is 13.1 Å². The molecule has 1 N–H and O–H groups in total. The Kier molecular flexibility index (Phi) is 4.32. The molecule has 4 heteroatoms. The van der Waals surface area contributed by atoms with Gasteiger partial charge in [-0.2, -0.15) is 0 Å². The second-order valence-corrected chi connectivity index (χ2v) is 6.70. The molecular weight excluding hydrogens is 274 g/mol. The van der Waals surface area contributed by atoms with Gasteiger partial charge in [-0.15, -0.1) is 0 Å². The zero-order valence-corrected chi connectivity index (χ0v) is 13.4. The average molecular weight is 299 g/mol. The smallest absolute Gasteiger partial charge is 0.123 e. The Bertz CT molecular complexity index is 606. The Morgan fingerprint density at radius 1 is 1.27 bits per heavy atom. The minimum absolute atomic E-state index is 0.291. The van der Waals surface area contributed by atoms with Crippen LogP contribution in [0.1, 0.15) is 31.7 Å². The van der Waals surface area contributed by atoms with Crippen molar-refractivity contribution < 1.29 is 5.11 Å². The monoisotopic (exact) mass is 299 g/mol. The van der Waals surface area contributed by atoms with Gasteiger partial charge in [0, 0.05) is 32.0 Å². The number of piperidine rings is 1. The van der Waals surface area contributed by atoms with Gasteiger partial charge in [0.25, 0.3) is 0 Å². The van der Waals surface area contributed by atoms with Crippen LogP contribution in [-0.4, -0.2) is 38.2 Å². The molecule has 0 bridgehead atoms. The molecule has 2 atom stereocenters. The maximum atomic E-state index is 10.3. The fourth-order valence-electron chi connectivity index (χ4n) is 3.07. The molecule has 1 aromatic carbocycles. The van der Waals surface area contributed by atoms with Gasteiger partial charge in [-0.05, 0) is 24.8 Å². The van der Waals surface area contributed by atoms with Gasteiger partial charge in [0.05, 0.1) is 12.1 Å². The van der Waals surface area contributed by atoms with Crippen molar-refractivity contribution in [3.8, 4) is 0 Å². The molecule has 0 amide bonds. The van der Waals surface area contributed by atoms with E-state index in [2.05, 4.69) is 45.6 Å². The Labute approximate surface area is 132 Å². The number of rotatable bonds is 4. The predicted octanol–water partition coefficient (Wildman–Crippen LogP) is 2.52. The summed E-state index contributed by atoms with van der Waals surface area (Å²) in [7, 11) is 0. The number of hydrogen-bond donors (Lipinski definition) is 1. The van der Waals surface area contributed by atoms with Crippen LogP contribution in [0.5, 0.6) is 0 Å². The number of aliphatic hydroxyl groups is 1. The lowest BCUT2D eigenvalue weighted by Gasteiger charge is -2.41. The first-order chi connectivity index (χ1) is 10.5. The molecule has 0 unspecified atom stereocenters. The van der Waals surface area contributed by atoms with Crippen LogP contribution in [0.15, 0.2) is 42.7 Å². The van der Waals surface area contributed by atoms with Gasteiger partial charge < -0.3 is 9.67 Å². The van der Waals surface area contributed by atoms with Crippen molar-refractivity contribution in [2.45, 2.75) is 39.0 Å². The van der Waals surface area contributed by atoms with E-state index in [4.69, 9.17) is 0 Å². The SMILES string of the molecule is C[C@@H]1CN(Cc2nccn2Cc2ccccc2)CC[C@]1(C)O. The zero-order valence-electron chi connectivity index (χ0n) is 13.4. The Morgan fingerprint density at radius 3 is 2.77 bits per heavy atom. The highest BCUT2D eigenvalue weighted by atomic mass is 16.3. The summed E-state index contributed by atoms with van der Waals surface area (Å²) in [5.41, 5.74) is 0.757. The summed E-state index contributed by atoms with van der Waals surface area (Å²) in [6.45, 7) is 7.63. The van der Waals surface area contributed by atoms with Crippen LogP contribution in [0, 0.1) is 5.92 Å². The summed E-state index contributed by atoms with van der Waals surface area (Å²) in [5.74, 6) is 1.39. The molecule has 0 aliphatic carbocycles. The number of aromatic nitrogens is 2. The Balaban J connectivity index is 1.66. The fraction of sp³-hybridized carbons (Fsp3) is 0.500. The molecule has 1 saturated heterocycles. The average Bonchev–Trinajstić information content (AvgIpc) is 2.92. The minimum Gasteiger partial charge on any atom is -0.390 e. The van der Waals surface area contributed by atoms with Crippen molar-refractivity contribution >= 4 is 0 Å². The molecule has 1 aromatic heterocycles. The lowest BCUT2D eigenvalue weighted by atomic mass is 9.84. The third-order valence-corrected chi connectivity index (χ3v) is 4.89. The second kappa shape index (κ2) is 6.23. The Hall–Kier alpha value is -1.65. The molecule has 4 nitrogen and oxygen atoms in total. The number of benzene rings is 1. The summed E-state index contributed by atoms with van der Waals surface area (Å²) in [5, 5.41) is 10.3. The molecule has 118 valence electrons. The van der Waals surface area contributed by atoms with Gasteiger partial charge in [0.2, 0.25) is 0 Å². The molecule has 0 spiro atoms. The van der Waals surface area contributed by atoms with Crippen LogP contribution >= 0.6 is 0 Å². The van der Waals surface area contributed by atoms with Crippen LogP contribution in [0.25, 0.3) is 0 Å². The molecule has 1 fully saturated rings. The minimum atomic E-state index is -0.532. The summed E-state index contributed by atoms with van der Waals surface area (Å²) in [4.78, 5) is 6.92. The van der Waals surface area contributed by atoms with Crippen LogP contribution in [0.4, 0.5) is 0 Å². The second-order valence-electron chi connectivity index (χ2n) is 6.70. The van der Waals surface area contributed by atoms with Crippen LogP contribution in [0.2, 0.25) is 0 Å². The van der Waals surface area contributed by atoms with Crippen molar-refractivity contribution in [2.24, 2.45) is 5.92 Å². The highest BCUT2D eigenvalue weighted by Gasteiger charge is 2.34. The van der Waals surface area contributed by atoms with E-state index >= 15 is 0 Å². The van der Waals surface area contributed by atoms with Crippen molar-refractivity contribution in [1.29, 1.82) is 0 Å². The summed E-state index contributed by atoms with van der Waals surface area (Å²) >= 11 is 0. The summed E-state index contributed by atoms with van der Waals surface area (Å²) < 4.78 is 2.22. The van der Waals surface area contributed by atoms with E-state index in [1.807, 2.05) is 25.4 Å². The molecule has 2 aromatic rings. The standard InChI is InChI=1S/C18H25N3O/c1-15-12-20(10-8-18(15,2)22)14-17-19-9-11-21(17)13-16-6-4-3-5-7-16/h3-7,9,11,15,22H,8,10,12-14H2,1-2H3/t15-,18+/m1/s1. The van der Waals surface area contributed by atoms with Crippen LogP contribution < -0.4 is 0 Å². The van der Waals surface area contributed by atoms with E-state index in [9.17, 15) is 5.11 Å². The first kappa shape index (κ1) is 15.3. The highest BCUT2D eigenvalue weighted by molar-refractivity contribution is 5.15. The van der Waals surface area contributed by atoms with E-state index in [0.29, 0.717) is 5.92 Å². The van der Waals surface area contributed by atoms with E-state index in [1.54, 1.807) is 0 Å². The maximum Gasteiger partial charge on any atom is 0.123 e. The number of imidazole rings is 1. The van der Waals surface area contributed by atoms with Crippen molar-refractivity contribution in [1.82, 2.24) is 14.5 Å². The van der Waals surface area contributed by atoms with E-state index in [-0.39, 0.29) is 0 Å². The number of hydrogen-bond acceptors (Lipinski definition) is 3. The zero-order chi connectivity index (χ0) is 15.6. The van der Waals surface area contributed by atoms with Crippen LogP contribution in [0.3, 0.4) is 0 Å². The molecule has 1 aliphatic heterocycles. The maximum absolute atomic E-state index is 10.3. The van der Waals surface area contributed by atoms with E-state index in [0.717, 1.165) is 38.4 Å². The van der Waals surface area contributed by atoms with E-state index < -0.39 is 5.60 Å². The van der Waals surface area contributed by atoms with Gasteiger partial charge in [0.15, 0.2) is 0 Å². The predicted molar refractivity (Wildman–Crippen MR) is 87.5 cm³/mol. The molecule has 0 saturated carbocycles. The van der Waals surface area contributed by atoms with Crippen molar-refractivity contribution in [3.05, 3.63) is 54.1 Å². The largest absolute Gasteiger partial charge is 0.390 e. The lowest BCUT2D eigenvalue weighted by molar-refractivity contribution is -0.0530. The molecule has 3 rings (SSSR count). The highest BCUT2D eigenvalue weighted by Crippen LogP contribution is 2.27. The topological polar surface area (TPSA) is 41.3 Å². The van der Waals surface area contributed by atoms with Crippen LogP contribution in [-0.2, 0) is 13.1 Å². The third-order valence-electron chi connectivity index (χ3n) is 4.89. The third kappa shape index (κ3) is 3.39. The quantitative estimate of drug-likeness (QED) is 0.943. The Morgan fingerprint density at radius 2 is 2.05 bits per heavy atom. The van der Waals surface area contributed by atoms with Crippen molar-refractivity contribution in [3.63, 3.8) is 0 Å². The number of likely N-dealkylation sites (tertiary alicyclic amines) is 1. The first-order valence-electron chi connectivity index (χ1n) is 8.03. The fourth-order valence-corrected chi connectivity index (χ4v) is 3.07. The van der Waals surface area contributed by atoms with Gasteiger partial charge in [-0.3, -0.25) is 4.90 Å². The van der Waals surface area contributed by atoms with Gasteiger partial charge in [-0.1, -0.05) is 37.3 Å². The summed E-state index contributed by atoms with van der Waals surface area (Å²) in [6, 6.07) is 10.5. The van der Waals surface area contributed by atoms with Gasteiger partial charge in [-0.25, -0.2) is 4.98 Å².